The number of rotatable bonds is 4. The van der Waals surface area contributed by atoms with E-state index in [-0.39, 0.29) is 19.0 Å². The number of hydrogen-bond acceptors (Lipinski definition) is 4. The quantitative estimate of drug-likeness (QED) is 0.640. The summed E-state index contributed by atoms with van der Waals surface area (Å²) in [5, 5.41) is 7.73. The zero-order valence-corrected chi connectivity index (χ0v) is 11.5. The van der Waals surface area contributed by atoms with E-state index in [0.29, 0.717) is 11.5 Å². The Balaban J connectivity index is 2.52. The van der Waals surface area contributed by atoms with Gasteiger partial charge >= 0.3 is 6.03 Å². The van der Waals surface area contributed by atoms with Crippen LogP contribution in [0.1, 0.15) is 6.42 Å². The molecule has 7 heteroatoms. The van der Waals surface area contributed by atoms with E-state index < -0.39 is 0 Å². The second-order valence-electron chi connectivity index (χ2n) is 4.39. The predicted molar refractivity (Wildman–Crippen MR) is 77.6 cm³/mol. The number of anilines is 2. The molecule has 1 aromatic heterocycles. The van der Waals surface area contributed by atoms with Gasteiger partial charge in [-0.05, 0) is 18.2 Å². The lowest BCUT2D eigenvalue weighted by atomic mass is 10.2. The average Bonchev–Trinajstić information content (AvgIpc) is 2.76. The molecule has 0 aliphatic carbocycles. The van der Waals surface area contributed by atoms with Gasteiger partial charge in [0.1, 0.15) is 6.29 Å². The zero-order chi connectivity index (χ0) is 14.7. The van der Waals surface area contributed by atoms with Crippen LogP contribution in [-0.4, -0.2) is 35.7 Å². The van der Waals surface area contributed by atoms with Gasteiger partial charge < -0.3 is 15.8 Å². The highest BCUT2D eigenvalue weighted by molar-refractivity contribution is 6.01. The highest BCUT2D eigenvalue weighted by Gasteiger charge is 2.20. The summed E-state index contributed by atoms with van der Waals surface area (Å²) in [6.45, 7) is 0.277. The van der Waals surface area contributed by atoms with E-state index in [9.17, 15) is 9.59 Å². The molecule has 0 saturated heterocycles. The summed E-state index contributed by atoms with van der Waals surface area (Å²) in [6, 6.07) is 5.08. The van der Waals surface area contributed by atoms with Crippen molar-refractivity contribution in [2.45, 2.75) is 6.42 Å². The van der Waals surface area contributed by atoms with Gasteiger partial charge in [0.05, 0.1) is 5.52 Å². The van der Waals surface area contributed by atoms with Crippen LogP contribution >= 0.6 is 0 Å². The second-order valence-corrected chi connectivity index (χ2v) is 4.39. The minimum Gasteiger partial charge on any atom is -0.399 e. The predicted octanol–water partition coefficient (Wildman–Crippen LogP) is 0.890. The highest BCUT2D eigenvalue weighted by atomic mass is 16.2. The van der Waals surface area contributed by atoms with E-state index in [1.54, 1.807) is 30.9 Å². The fraction of sp³-hybridized carbons (Fsp3) is 0.308. The molecule has 2 rings (SSSR count). The minimum atomic E-state index is -0.302. The molecule has 20 heavy (non-hydrogen) atoms. The summed E-state index contributed by atoms with van der Waals surface area (Å²) in [5.41, 5.74) is 7.23. The number of nitrogens with one attached hydrogen (secondary N) is 1. The Morgan fingerprint density at radius 1 is 1.55 bits per heavy atom. The van der Waals surface area contributed by atoms with Crippen LogP contribution in [0.4, 0.5) is 16.3 Å². The van der Waals surface area contributed by atoms with Crippen molar-refractivity contribution in [3.63, 3.8) is 0 Å². The van der Waals surface area contributed by atoms with E-state index >= 15 is 0 Å². The number of urea groups is 1. The Kier molecular flexibility index (Phi) is 3.88. The van der Waals surface area contributed by atoms with Crippen molar-refractivity contribution in [2.24, 2.45) is 7.05 Å². The van der Waals surface area contributed by atoms with Crippen molar-refractivity contribution in [1.29, 1.82) is 0 Å². The van der Waals surface area contributed by atoms with Crippen molar-refractivity contribution >= 4 is 34.7 Å². The molecule has 0 radical (unpaired) electrons. The zero-order valence-electron chi connectivity index (χ0n) is 11.5. The molecule has 7 nitrogen and oxygen atoms in total. The van der Waals surface area contributed by atoms with Gasteiger partial charge in [0.2, 0.25) is 0 Å². The molecule has 0 spiro atoms. The summed E-state index contributed by atoms with van der Waals surface area (Å²) >= 11 is 0. The number of aromatic nitrogens is 2. The Hall–Kier alpha value is -2.57. The largest absolute Gasteiger partial charge is 0.399 e. The Morgan fingerprint density at radius 2 is 2.30 bits per heavy atom. The number of amides is 2. The van der Waals surface area contributed by atoms with Gasteiger partial charge in [-0.1, -0.05) is 0 Å². The van der Waals surface area contributed by atoms with E-state index in [4.69, 9.17) is 5.73 Å². The molecule has 0 atom stereocenters. The lowest BCUT2D eigenvalue weighted by Gasteiger charge is -2.19. The fourth-order valence-electron chi connectivity index (χ4n) is 2.08. The number of nitrogens with zero attached hydrogens (tertiary/aromatic N) is 3. The van der Waals surface area contributed by atoms with Gasteiger partial charge in [-0.3, -0.25) is 9.58 Å². The summed E-state index contributed by atoms with van der Waals surface area (Å²) < 4.78 is 1.66. The van der Waals surface area contributed by atoms with Gasteiger partial charge in [-0.2, -0.15) is 5.10 Å². The third kappa shape index (κ3) is 2.42. The van der Waals surface area contributed by atoms with Crippen molar-refractivity contribution in [3.8, 4) is 0 Å². The van der Waals surface area contributed by atoms with E-state index in [1.165, 1.54) is 4.90 Å². The topological polar surface area (TPSA) is 93.2 Å². The molecule has 3 N–H and O–H groups in total. The van der Waals surface area contributed by atoms with Crippen molar-refractivity contribution in [3.05, 3.63) is 18.2 Å². The van der Waals surface area contributed by atoms with E-state index in [0.717, 1.165) is 17.2 Å². The Bertz CT molecular complexity index is 649. The summed E-state index contributed by atoms with van der Waals surface area (Å²) in [5.74, 6) is 0.517. The maximum absolute atomic E-state index is 12.0. The summed E-state index contributed by atoms with van der Waals surface area (Å²) in [6.07, 6.45) is 1.03. The molecule has 0 bridgehead atoms. The van der Waals surface area contributed by atoms with Gasteiger partial charge in [0.15, 0.2) is 5.82 Å². The molecule has 2 amide bonds. The lowest BCUT2D eigenvalue weighted by Crippen LogP contribution is -2.39. The number of aldehydes is 1. The van der Waals surface area contributed by atoms with Crippen LogP contribution in [0.25, 0.3) is 10.9 Å². The molecule has 0 saturated carbocycles. The molecular weight excluding hydrogens is 258 g/mol. The van der Waals surface area contributed by atoms with Crippen molar-refractivity contribution in [2.75, 3.05) is 24.2 Å². The molecule has 0 aliphatic heterocycles. The maximum Gasteiger partial charge on any atom is 0.322 e. The first kappa shape index (κ1) is 13.9. The summed E-state index contributed by atoms with van der Waals surface area (Å²) in [7, 11) is 3.33. The van der Waals surface area contributed by atoms with Gasteiger partial charge in [-0.15, -0.1) is 0 Å². The number of hydrogen-bond donors (Lipinski definition) is 2. The van der Waals surface area contributed by atoms with Crippen LogP contribution in [0.15, 0.2) is 18.2 Å². The van der Waals surface area contributed by atoms with Gasteiger partial charge in [-0.25, -0.2) is 4.79 Å². The van der Waals surface area contributed by atoms with Crippen LogP contribution in [0.3, 0.4) is 0 Å². The van der Waals surface area contributed by atoms with E-state index in [2.05, 4.69) is 10.4 Å². The number of carbonyl (C=O) groups is 2. The third-order valence-electron chi connectivity index (χ3n) is 3.04. The molecule has 106 valence electrons. The van der Waals surface area contributed by atoms with Gasteiger partial charge in [0.25, 0.3) is 0 Å². The highest BCUT2D eigenvalue weighted by Crippen LogP contribution is 2.27. The van der Waals surface area contributed by atoms with Crippen LogP contribution in [0.5, 0.6) is 0 Å². The number of fused-ring (bicyclic) bond motifs is 1. The average molecular weight is 275 g/mol. The maximum atomic E-state index is 12.0. The first-order valence-corrected chi connectivity index (χ1v) is 6.23. The smallest absolute Gasteiger partial charge is 0.322 e. The first-order valence-electron chi connectivity index (χ1n) is 6.23. The molecule has 0 unspecified atom stereocenters. The normalized spacial score (nSPS) is 10.5. The second kappa shape index (κ2) is 5.60. The molecule has 0 aliphatic rings. The van der Waals surface area contributed by atoms with Crippen molar-refractivity contribution < 1.29 is 9.59 Å². The van der Waals surface area contributed by atoms with Gasteiger partial charge in [0, 0.05) is 38.1 Å². The number of nitrogen functional groups attached to an aromatic ring is 1. The van der Waals surface area contributed by atoms with Crippen LogP contribution in [0, 0.1) is 0 Å². The number of aryl methyl sites for hydroxylation is 1. The Labute approximate surface area is 116 Å². The lowest BCUT2D eigenvalue weighted by molar-refractivity contribution is -0.107. The number of nitrogens with two attached hydrogens (primary N) is 1. The fourth-order valence-corrected chi connectivity index (χ4v) is 2.08. The minimum absolute atomic E-state index is 0.250. The third-order valence-corrected chi connectivity index (χ3v) is 3.04. The molecule has 1 heterocycles. The monoisotopic (exact) mass is 275 g/mol. The standard InChI is InChI=1S/C13H17N5O2/c1-15-13(20)18(6-3-7-19)12-10-5-4-9(14)8-11(10)17(2)16-12/h4-5,7-8H,3,6,14H2,1-2H3,(H,15,20). The molecule has 1 aromatic carbocycles. The Morgan fingerprint density at radius 3 is 2.95 bits per heavy atom. The van der Waals surface area contributed by atoms with Crippen LogP contribution < -0.4 is 16.0 Å². The number of carbonyl (C=O) groups excluding carboxylic acids is 2. The van der Waals surface area contributed by atoms with Crippen molar-refractivity contribution in [1.82, 2.24) is 15.1 Å². The SMILES string of the molecule is CNC(=O)N(CCC=O)c1nn(C)c2cc(N)ccc12. The molecule has 0 fully saturated rings. The van der Waals surface area contributed by atoms with Crippen LogP contribution in [-0.2, 0) is 11.8 Å². The number of benzene rings is 1. The molecular formula is C13H17N5O2. The van der Waals surface area contributed by atoms with E-state index in [1.807, 2.05) is 6.07 Å². The first-order chi connectivity index (χ1) is 9.58. The summed E-state index contributed by atoms with van der Waals surface area (Å²) in [4.78, 5) is 24.0. The van der Waals surface area contributed by atoms with Crippen LogP contribution in [0.2, 0.25) is 0 Å². The molecule has 2 aromatic rings.